The van der Waals surface area contributed by atoms with Gasteiger partial charge in [-0.2, -0.15) is 0 Å². The third kappa shape index (κ3) is 5.22. The number of hydrogen-bond donors (Lipinski definition) is 0. The Bertz CT molecular complexity index is 1320. The van der Waals surface area contributed by atoms with Crippen LogP contribution >= 0.6 is 35.4 Å². The molecule has 1 unspecified atom stereocenters. The number of rotatable bonds is 4. The lowest BCUT2D eigenvalue weighted by atomic mass is 10.1. The number of carbonyl (C=O) groups is 1. The fourth-order valence-electron chi connectivity index (χ4n) is 5.08. The Kier molecular flexibility index (Phi) is 6.79. The smallest absolute Gasteiger partial charge is 0.357 e. The molecule has 0 saturated carbocycles. The summed E-state index contributed by atoms with van der Waals surface area (Å²) in [6.07, 6.45) is -1.76. The van der Waals surface area contributed by atoms with E-state index in [1.54, 1.807) is 43.0 Å². The molecule has 3 saturated heterocycles. The summed E-state index contributed by atoms with van der Waals surface area (Å²) in [6, 6.07) is 6.62. The molecule has 10 nitrogen and oxygen atoms in total. The fourth-order valence-corrected chi connectivity index (χ4v) is 5.91. The van der Waals surface area contributed by atoms with E-state index in [0.29, 0.717) is 28.0 Å². The largest absolute Gasteiger partial charge is 0.452 e. The number of hydrogen-bond acceptors (Lipinski definition) is 10. The molecule has 0 N–H and O–H groups in total. The molecule has 0 amide bonds. The number of esters is 1. The highest BCUT2D eigenvalue weighted by Gasteiger charge is 2.60. The van der Waals surface area contributed by atoms with Gasteiger partial charge in [-0.25, -0.2) is 9.78 Å². The van der Waals surface area contributed by atoms with Crippen LogP contribution in [0.15, 0.2) is 30.5 Å². The third-order valence-electron chi connectivity index (χ3n) is 6.76. The van der Waals surface area contributed by atoms with Gasteiger partial charge in [0.2, 0.25) is 0 Å². The molecule has 5 atom stereocenters. The van der Waals surface area contributed by atoms with E-state index in [-0.39, 0.29) is 17.5 Å². The van der Waals surface area contributed by atoms with Gasteiger partial charge in [-0.05, 0) is 64.2 Å². The maximum Gasteiger partial charge on any atom is 0.357 e. The van der Waals surface area contributed by atoms with Crippen molar-refractivity contribution in [3.05, 3.63) is 51.8 Å². The maximum absolute atomic E-state index is 13.2. The SMILES string of the molecule is CC1(C)OC[C@@H]([C@@H]2O[C@H]3OC(C)(C)O[C@H]3C2OC(=O)c2ccc(N3Cc4cc(Cl)cc(Cl)c4OC3=S)cn2)O1. The number of ether oxygens (including phenoxy) is 7. The number of pyridine rings is 1. The number of nitrogens with zero attached hydrogens (tertiary/aromatic N) is 2. The highest BCUT2D eigenvalue weighted by molar-refractivity contribution is 7.80. The highest BCUT2D eigenvalue weighted by Crippen LogP contribution is 2.42. The molecule has 5 heterocycles. The number of fused-ring (bicyclic) bond motifs is 2. The van der Waals surface area contributed by atoms with E-state index < -0.39 is 48.2 Å². The minimum absolute atomic E-state index is 0.0957. The summed E-state index contributed by atoms with van der Waals surface area (Å²) < 4.78 is 41.4. The van der Waals surface area contributed by atoms with Crippen molar-refractivity contribution in [1.29, 1.82) is 0 Å². The van der Waals surface area contributed by atoms with E-state index >= 15 is 0 Å². The van der Waals surface area contributed by atoms with Crippen LogP contribution in [0.1, 0.15) is 43.7 Å². The summed E-state index contributed by atoms with van der Waals surface area (Å²) in [6.45, 7) is 7.82. The van der Waals surface area contributed by atoms with Gasteiger partial charge in [0.25, 0.3) is 5.17 Å². The van der Waals surface area contributed by atoms with E-state index in [9.17, 15) is 4.79 Å². The molecule has 0 bridgehead atoms. The van der Waals surface area contributed by atoms with Crippen molar-refractivity contribution >= 4 is 52.3 Å². The van der Waals surface area contributed by atoms with Gasteiger partial charge in [0, 0.05) is 10.6 Å². The number of carbonyl (C=O) groups excluding carboxylic acids is 1. The van der Waals surface area contributed by atoms with Crippen molar-refractivity contribution in [3.8, 4) is 5.75 Å². The van der Waals surface area contributed by atoms with Crippen molar-refractivity contribution in [1.82, 2.24) is 4.98 Å². The van der Waals surface area contributed by atoms with Crippen LogP contribution in [0.25, 0.3) is 0 Å². The molecule has 0 spiro atoms. The Labute approximate surface area is 240 Å². The first-order chi connectivity index (χ1) is 18.4. The predicted octanol–water partition coefficient (Wildman–Crippen LogP) is 4.63. The topological polar surface area (TPSA) is 97.8 Å². The lowest BCUT2D eigenvalue weighted by Crippen LogP contribution is -2.45. The van der Waals surface area contributed by atoms with Crippen LogP contribution in [0.3, 0.4) is 0 Å². The summed E-state index contributed by atoms with van der Waals surface area (Å²) in [4.78, 5) is 19.3. The second-order valence-electron chi connectivity index (χ2n) is 10.5. The van der Waals surface area contributed by atoms with Gasteiger partial charge in [0.05, 0.1) is 30.1 Å². The van der Waals surface area contributed by atoms with Gasteiger partial charge in [-0.15, -0.1) is 0 Å². The Morgan fingerprint density at radius 1 is 1.10 bits per heavy atom. The molecule has 208 valence electrons. The molecule has 1 aromatic heterocycles. The Morgan fingerprint density at radius 3 is 2.59 bits per heavy atom. The summed E-state index contributed by atoms with van der Waals surface area (Å²) in [5.41, 5.74) is 1.49. The molecule has 2 aromatic rings. The van der Waals surface area contributed by atoms with Crippen LogP contribution in [0.4, 0.5) is 5.69 Å². The number of thiocarbonyl (C=S) groups is 1. The minimum atomic E-state index is -0.890. The molecule has 4 aliphatic rings. The average Bonchev–Trinajstić information content (AvgIpc) is 3.48. The van der Waals surface area contributed by atoms with Crippen molar-refractivity contribution < 1.29 is 38.0 Å². The van der Waals surface area contributed by atoms with Gasteiger partial charge in [0.1, 0.15) is 17.9 Å². The molecular formula is C26H26Cl2N2O8S. The second kappa shape index (κ2) is 9.78. The van der Waals surface area contributed by atoms with Crippen molar-refractivity contribution in [3.63, 3.8) is 0 Å². The Balaban J connectivity index is 1.19. The zero-order valence-corrected chi connectivity index (χ0v) is 23.8. The van der Waals surface area contributed by atoms with Crippen molar-refractivity contribution in [2.75, 3.05) is 11.5 Å². The average molecular weight is 597 g/mol. The molecule has 6 rings (SSSR count). The first-order valence-corrected chi connectivity index (χ1v) is 13.5. The second-order valence-corrected chi connectivity index (χ2v) is 11.7. The first kappa shape index (κ1) is 27.1. The maximum atomic E-state index is 13.2. The zero-order chi connectivity index (χ0) is 27.7. The number of anilines is 1. The van der Waals surface area contributed by atoms with Gasteiger partial charge < -0.3 is 33.2 Å². The summed E-state index contributed by atoms with van der Waals surface area (Å²) in [7, 11) is 0. The molecular weight excluding hydrogens is 571 g/mol. The van der Waals surface area contributed by atoms with Crippen LogP contribution in [0.5, 0.6) is 5.75 Å². The van der Waals surface area contributed by atoms with E-state index in [1.165, 1.54) is 6.20 Å². The normalized spacial score (nSPS) is 30.6. The third-order valence-corrected chi connectivity index (χ3v) is 7.56. The molecule has 39 heavy (non-hydrogen) atoms. The molecule has 0 radical (unpaired) electrons. The zero-order valence-electron chi connectivity index (χ0n) is 21.5. The molecule has 0 aliphatic carbocycles. The van der Waals surface area contributed by atoms with E-state index in [2.05, 4.69) is 4.98 Å². The quantitative estimate of drug-likeness (QED) is 0.365. The summed E-state index contributed by atoms with van der Waals surface area (Å²) in [5, 5.41) is 1.06. The first-order valence-electron chi connectivity index (χ1n) is 12.4. The lowest BCUT2D eigenvalue weighted by molar-refractivity contribution is -0.232. The van der Waals surface area contributed by atoms with Gasteiger partial charge in [-0.1, -0.05) is 23.2 Å². The van der Waals surface area contributed by atoms with Crippen molar-refractivity contribution in [2.45, 2.75) is 76.5 Å². The highest BCUT2D eigenvalue weighted by atomic mass is 35.5. The molecule has 3 fully saturated rings. The van der Waals surface area contributed by atoms with Crippen LogP contribution in [0.2, 0.25) is 10.0 Å². The van der Waals surface area contributed by atoms with Crippen LogP contribution < -0.4 is 9.64 Å². The van der Waals surface area contributed by atoms with Crippen LogP contribution in [-0.4, -0.2) is 65.0 Å². The summed E-state index contributed by atoms with van der Waals surface area (Å²) in [5.74, 6) is -1.84. The van der Waals surface area contributed by atoms with Gasteiger partial charge >= 0.3 is 5.97 Å². The number of halogens is 2. The van der Waals surface area contributed by atoms with Gasteiger partial charge in [-0.3, -0.25) is 4.90 Å². The Hall–Kier alpha value is -2.09. The molecule has 13 heteroatoms. The van der Waals surface area contributed by atoms with Gasteiger partial charge in [0.15, 0.2) is 35.8 Å². The monoisotopic (exact) mass is 596 g/mol. The van der Waals surface area contributed by atoms with E-state index in [4.69, 9.17) is 68.6 Å². The summed E-state index contributed by atoms with van der Waals surface area (Å²) >= 11 is 17.8. The fraction of sp³-hybridized carbons (Fsp3) is 0.500. The molecule has 4 aliphatic heterocycles. The number of aromatic nitrogens is 1. The lowest BCUT2D eigenvalue weighted by Gasteiger charge is -2.31. The van der Waals surface area contributed by atoms with Crippen molar-refractivity contribution in [2.24, 2.45) is 0 Å². The van der Waals surface area contributed by atoms with Crippen LogP contribution in [-0.2, 0) is 35.0 Å². The van der Waals surface area contributed by atoms with E-state index in [1.807, 2.05) is 13.8 Å². The predicted molar refractivity (Wildman–Crippen MR) is 143 cm³/mol. The minimum Gasteiger partial charge on any atom is -0.452 e. The van der Waals surface area contributed by atoms with E-state index in [0.717, 1.165) is 5.56 Å². The Morgan fingerprint density at radius 2 is 1.90 bits per heavy atom. The number of benzene rings is 1. The molecule has 1 aromatic carbocycles. The van der Waals surface area contributed by atoms with Crippen LogP contribution in [0, 0.1) is 0 Å². The standard InChI is InChI=1S/C26H26Cl2N2O8S/c1-25(2)32-11-17(36-25)19-20(21-23(34-19)38-26(3,4)37-21)33-22(31)16-6-5-14(9-29-16)30-10-12-7-13(27)8-15(28)18(12)35-24(30)39/h5-9,17,19-21,23H,10-11H2,1-4H3/t17-,19-,20?,21-,23-/m0/s1.